The molecule has 0 spiro atoms. The third kappa shape index (κ3) is 5.74. The Balaban J connectivity index is 2.48. The lowest BCUT2D eigenvalue weighted by molar-refractivity contribution is 0.0589. The molecule has 18 heavy (non-hydrogen) atoms. The van der Waals surface area contributed by atoms with Crippen LogP contribution in [0.25, 0.3) is 0 Å². The lowest BCUT2D eigenvalue weighted by Gasteiger charge is -2.16. The number of hydrogen-bond donors (Lipinski definition) is 0. The van der Waals surface area contributed by atoms with E-state index in [-0.39, 0.29) is 0 Å². The second-order valence-electron chi connectivity index (χ2n) is 4.36. The number of benzene rings is 1. The van der Waals surface area contributed by atoms with Crippen LogP contribution < -0.4 is 4.74 Å². The first-order valence-electron chi connectivity index (χ1n) is 5.28. The third-order valence-corrected chi connectivity index (χ3v) is 1.56. The molecule has 96 valence electrons. The van der Waals surface area contributed by atoms with Crippen LogP contribution in [0.15, 0.2) is 40.6 Å². The smallest absolute Gasteiger partial charge is 0.441 e. The summed E-state index contributed by atoms with van der Waals surface area (Å²) in [4.78, 5) is 22.3. The van der Waals surface area contributed by atoms with Crippen LogP contribution in [-0.4, -0.2) is 17.8 Å². The van der Waals surface area contributed by atoms with Crippen LogP contribution >= 0.6 is 0 Å². The minimum Gasteiger partial charge on any atom is -0.441 e. The van der Waals surface area contributed by atoms with Gasteiger partial charge in [0.1, 0.15) is 11.4 Å². The van der Waals surface area contributed by atoms with E-state index in [2.05, 4.69) is 10.2 Å². The van der Waals surface area contributed by atoms with Crippen molar-refractivity contribution in [2.45, 2.75) is 26.4 Å². The van der Waals surface area contributed by atoms with Crippen molar-refractivity contribution in [1.82, 2.24) is 0 Å². The Kier molecular flexibility index (Phi) is 4.53. The fraction of sp³-hybridized carbons (Fsp3) is 0.333. The van der Waals surface area contributed by atoms with Crippen LogP contribution in [0.2, 0.25) is 0 Å². The van der Waals surface area contributed by atoms with Gasteiger partial charge in [-0.3, -0.25) is 0 Å². The predicted molar refractivity (Wildman–Crippen MR) is 63.6 cm³/mol. The molecule has 0 aromatic heterocycles. The largest absolute Gasteiger partial charge is 0.458 e. The normalized spacial score (nSPS) is 11.3. The van der Waals surface area contributed by atoms with Crippen LogP contribution in [-0.2, 0) is 4.74 Å². The number of carbonyl (C=O) groups is 2. The summed E-state index contributed by atoms with van der Waals surface area (Å²) in [5, 5.41) is 6.19. The highest BCUT2D eigenvalue weighted by Gasteiger charge is 2.16. The Hall–Kier alpha value is -2.24. The van der Waals surface area contributed by atoms with E-state index in [0.717, 1.165) is 0 Å². The molecule has 1 aromatic carbocycles. The maximum atomic E-state index is 11.2. The molecule has 0 bridgehead atoms. The highest BCUT2D eigenvalue weighted by molar-refractivity contribution is 5.74. The van der Waals surface area contributed by atoms with Crippen molar-refractivity contribution in [2.24, 2.45) is 10.2 Å². The molecule has 0 saturated carbocycles. The molecule has 6 nitrogen and oxygen atoms in total. The fourth-order valence-electron chi connectivity index (χ4n) is 0.974. The molecule has 1 aromatic rings. The number of nitrogens with zero attached hydrogens (tertiary/aromatic N) is 2. The molecule has 0 aliphatic carbocycles. The number of ether oxygens (including phenoxy) is 2. The number of para-hydroxylation sites is 1. The van der Waals surface area contributed by atoms with Gasteiger partial charge in [-0.05, 0) is 32.9 Å². The first kappa shape index (κ1) is 13.8. The molecule has 0 radical (unpaired) electrons. The summed E-state index contributed by atoms with van der Waals surface area (Å²) in [5.74, 6) is 0.325. The molecule has 0 unspecified atom stereocenters. The lowest BCUT2D eigenvalue weighted by Crippen LogP contribution is -2.21. The first-order chi connectivity index (χ1) is 8.37. The quantitative estimate of drug-likeness (QED) is 0.714. The zero-order valence-electron chi connectivity index (χ0n) is 10.4. The number of azo groups is 1. The van der Waals surface area contributed by atoms with Crippen LogP contribution in [0.5, 0.6) is 5.75 Å². The van der Waals surface area contributed by atoms with Gasteiger partial charge in [0.15, 0.2) is 0 Å². The molecule has 0 aliphatic rings. The van der Waals surface area contributed by atoms with Gasteiger partial charge in [0.25, 0.3) is 0 Å². The Morgan fingerprint density at radius 1 is 1.00 bits per heavy atom. The molecule has 0 saturated heterocycles. The van der Waals surface area contributed by atoms with Gasteiger partial charge in [-0.2, -0.15) is 0 Å². The van der Waals surface area contributed by atoms with Gasteiger partial charge in [-0.1, -0.05) is 28.4 Å². The van der Waals surface area contributed by atoms with Crippen molar-refractivity contribution in [3.8, 4) is 5.75 Å². The molecule has 0 heterocycles. The molecular weight excluding hydrogens is 236 g/mol. The minimum absolute atomic E-state index is 0.325. The SMILES string of the molecule is CC(C)(C)OC(=O)/N=N/C(=O)Oc1ccccc1. The second kappa shape index (κ2) is 5.90. The van der Waals surface area contributed by atoms with Gasteiger partial charge in [-0.25, -0.2) is 9.59 Å². The van der Waals surface area contributed by atoms with Gasteiger partial charge in [0.05, 0.1) is 0 Å². The Morgan fingerprint density at radius 3 is 2.11 bits per heavy atom. The first-order valence-corrected chi connectivity index (χ1v) is 5.28. The van der Waals surface area contributed by atoms with E-state index >= 15 is 0 Å². The van der Waals surface area contributed by atoms with E-state index in [1.54, 1.807) is 51.1 Å². The summed E-state index contributed by atoms with van der Waals surface area (Å²) in [6, 6.07) is 8.35. The maximum Gasteiger partial charge on any atom is 0.458 e. The van der Waals surface area contributed by atoms with Crippen LogP contribution in [0, 0.1) is 0 Å². The van der Waals surface area contributed by atoms with Crippen molar-refractivity contribution in [2.75, 3.05) is 0 Å². The topological polar surface area (TPSA) is 77.3 Å². The highest BCUT2D eigenvalue weighted by atomic mass is 16.6. The van der Waals surface area contributed by atoms with Crippen molar-refractivity contribution < 1.29 is 19.1 Å². The summed E-state index contributed by atoms with van der Waals surface area (Å²) in [6.07, 6.45) is -1.92. The molecule has 2 amide bonds. The van der Waals surface area contributed by atoms with Crippen molar-refractivity contribution in [3.63, 3.8) is 0 Å². The summed E-state index contributed by atoms with van der Waals surface area (Å²) in [7, 11) is 0. The van der Waals surface area contributed by atoms with Gasteiger partial charge in [0, 0.05) is 0 Å². The number of rotatable bonds is 1. The molecule has 0 fully saturated rings. The van der Waals surface area contributed by atoms with Gasteiger partial charge < -0.3 is 9.47 Å². The Bertz CT molecular complexity index is 449. The monoisotopic (exact) mass is 250 g/mol. The Labute approximate surface area is 105 Å². The van der Waals surface area contributed by atoms with Gasteiger partial charge in [0.2, 0.25) is 0 Å². The minimum atomic E-state index is -0.980. The molecular formula is C12H14N2O4. The molecule has 0 aliphatic heterocycles. The summed E-state index contributed by atoms with van der Waals surface area (Å²) < 4.78 is 9.62. The van der Waals surface area contributed by atoms with E-state index in [1.165, 1.54) is 0 Å². The van der Waals surface area contributed by atoms with Crippen LogP contribution in [0.3, 0.4) is 0 Å². The van der Waals surface area contributed by atoms with E-state index in [4.69, 9.17) is 9.47 Å². The summed E-state index contributed by atoms with van der Waals surface area (Å²) in [5.41, 5.74) is -0.681. The number of hydrogen-bond acceptors (Lipinski definition) is 4. The van der Waals surface area contributed by atoms with E-state index in [1.807, 2.05) is 0 Å². The zero-order chi connectivity index (χ0) is 13.6. The Morgan fingerprint density at radius 2 is 1.56 bits per heavy atom. The van der Waals surface area contributed by atoms with Crippen molar-refractivity contribution >= 4 is 12.2 Å². The third-order valence-electron chi connectivity index (χ3n) is 1.56. The van der Waals surface area contributed by atoms with Crippen molar-refractivity contribution in [3.05, 3.63) is 30.3 Å². The van der Waals surface area contributed by atoms with E-state index in [0.29, 0.717) is 5.75 Å². The standard InChI is InChI=1S/C12H14N2O4/c1-12(2,3)18-11(16)14-13-10(15)17-9-7-5-4-6-8-9/h4-8H,1-3H3/b14-13+. The maximum absolute atomic E-state index is 11.2. The molecule has 1 rings (SSSR count). The van der Waals surface area contributed by atoms with Gasteiger partial charge in [-0.15, -0.1) is 0 Å². The predicted octanol–water partition coefficient (Wildman–Crippen LogP) is 3.57. The van der Waals surface area contributed by atoms with Gasteiger partial charge >= 0.3 is 12.2 Å². The summed E-state index contributed by atoms with van der Waals surface area (Å²) >= 11 is 0. The second-order valence-corrected chi connectivity index (χ2v) is 4.36. The average molecular weight is 250 g/mol. The molecule has 6 heteroatoms. The number of carbonyl (C=O) groups excluding carboxylic acids is 2. The molecule has 0 N–H and O–H groups in total. The lowest BCUT2D eigenvalue weighted by atomic mass is 10.2. The summed E-state index contributed by atoms with van der Waals surface area (Å²) in [6.45, 7) is 5.05. The van der Waals surface area contributed by atoms with Crippen LogP contribution in [0.4, 0.5) is 9.59 Å². The number of amides is 2. The van der Waals surface area contributed by atoms with Crippen molar-refractivity contribution in [1.29, 1.82) is 0 Å². The van der Waals surface area contributed by atoms with Crippen LogP contribution in [0.1, 0.15) is 20.8 Å². The van der Waals surface area contributed by atoms with E-state index in [9.17, 15) is 9.59 Å². The molecule has 0 atom stereocenters. The average Bonchev–Trinajstić information content (AvgIpc) is 2.25. The highest BCUT2D eigenvalue weighted by Crippen LogP contribution is 2.10. The fourth-order valence-corrected chi connectivity index (χ4v) is 0.974. The van der Waals surface area contributed by atoms with E-state index < -0.39 is 17.8 Å². The zero-order valence-corrected chi connectivity index (χ0v) is 10.4.